The maximum absolute atomic E-state index is 12.8. The summed E-state index contributed by atoms with van der Waals surface area (Å²) in [7, 11) is 0. The number of carbonyl (C=O) groups is 1. The largest absolute Gasteiger partial charge is 0.322 e. The van der Waals surface area contributed by atoms with E-state index in [4.69, 9.17) is 0 Å². The molecule has 1 aromatic rings. The number of rotatable bonds is 6. The number of nitrogens with zero attached hydrogens (tertiary/aromatic N) is 1. The lowest BCUT2D eigenvalue weighted by molar-refractivity contribution is -0.131. The molecule has 0 radical (unpaired) electrons. The van der Waals surface area contributed by atoms with Crippen LogP contribution in [0.3, 0.4) is 0 Å². The van der Waals surface area contributed by atoms with Crippen LogP contribution in [0.25, 0.3) is 0 Å². The maximum Gasteiger partial charge on any atom is 0.241 e. The fraction of sp³-hybridized carbons (Fsp3) is 0.611. The molecular formula is C18H28N2O. The smallest absolute Gasteiger partial charge is 0.241 e. The Morgan fingerprint density at radius 3 is 2.43 bits per heavy atom. The third kappa shape index (κ3) is 3.65. The average molecular weight is 288 g/mol. The molecule has 3 heteroatoms. The fourth-order valence-corrected chi connectivity index (χ4v) is 2.83. The van der Waals surface area contributed by atoms with Gasteiger partial charge in [0.25, 0.3) is 0 Å². The van der Waals surface area contributed by atoms with Crippen molar-refractivity contribution in [2.24, 2.45) is 11.8 Å². The van der Waals surface area contributed by atoms with Crippen LogP contribution in [-0.2, 0) is 4.79 Å². The normalized spacial score (nSPS) is 23.9. The summed E-state index contributed by atoms with van der Waals surface area (Å²) in [6.45, 7) is 9.54. The molecule has 0 bridgehead atoms. The zero-order valence-corrected chi connectivity index (χ0v) is 13.7. The van der Waals surface area contributed by atoms with E-state index in [1.54, 1.807) is 0 Å². The minimum Gasteiger partial charge on any atom is -0.322 e. The van der Waals surface area contributed by atoms with Crippen LogP contribution < -0.4 is 5.32 Å². The lowest BCUT2D eigenvalue weighted by Gasteiger charge is -2.25. The van der Waals surface area contributed by atoms with Gasteiger partial charge in [-0.3, -0.25) is 10.1 Å². The molecule has 3 nitrogen and oxygen atoms in total. The van der Waals surface area contributed by atoms with Crippen molar-refractivity contribution < 1.29 is 4.79 Å². The number of carbonyl (C=O) groups excluding carboxylic acids is 1. The summed E-state index contributed by atoms with van der Waals surface area (Å²) in [6.07, 6.45) is 2.09. The van der Waals surface area contributed by atoms with E-state index in [2.05, 4.69) is 45.1 Å². The Morgan fingerprint density at radius 1 is 1.19 bits per heavy atom. The van der Waals surface area contributed by atoms with Gasteiger partial charge in [-0.1, -0.05) is 64.4 Å². The van der Waals surface area contributed by atoms with Gasteiger partial charge in [0.2, 0.25) is 5.91 Å². The van der Waals surface area contributed by atoms with Crippen LogP contribution >= 0.6 is 0 Å². The van der Waals surface area contributed by atoms with Gasteiger partial charge in [0, 0.05) is 6.54 Å². The van der Waals surface area contributed by atoms with Crippen LogP contribution in [0, 0.1) is 11.8 Å². The van der Waals surface area contributed by atoms with Gasteiger partial charge < -0.3 is 4.90 Å². The Hall–Kier alpha value is -1.35. The first-order valence-electron chi connectivity index (χ1n) is 8.16. The van der Waals surface area contributed by atoms with E-state index >= 15 is 0 Å². The number of hydrogen-bond donors (Lipinski definition) is 1. The molecule has 1 aliphatic rings. The first-order valence-corrected chi connectivity index (χ1v) is 8.16. The van der Waals surface area contributed by atoms with Gasteiger partial charge >= 0.3 is 0 Å². The van der Waals surface area contributed by atoms with E-state index in [1.807, 2.05) is 23.1 Å². The molecule has 3 unspecified atom stereocenters. The molecular weight excluding hydrogens is 260 g/mol. The minimum atomic E-state index is -0.0487. The van der Waals surface area contributed by atoms with E-state index in [9.17, 15) is 4.79 Å². The summed E-state index contributed by atoms with van der Waals surface area (Å²) in [5.74, 6) is 1.24. The fourth-order valence-electron chi connectivity index (χ4n) is 2.83. The maximum atomic E-state index is 12.8. The van der Waals surface area contributed by atoms with Crippen LogP contribution in [-0.4, -0.2) is 23.4 Å². The van der Waals surface area contributed by atoms with Crippen molar-refractivity contribution >= 4 is 5.91 Å². The second kappa shape index (κ2) is 7.08. The van der Waals surface area contributed by atoms with Gasteiger partial charge in [0.15, 0.2) is 0 Å². The molecule has 0 aliphatic carbocycles. The topological polar surface area (TPSA) is 32.3 Å². The minimum absolute atomic E-state index is 0.0245. The van der Waals surface area contributed by atoms with Crippen molar-refractivity contribution in [3.63, 3.8) is 0 Å². The molecule has 1 amide bonds. The molecule has 21 heavy (non-hydrogen) atoms. The number of amides is 1. The zero-order valence-electron chi connectivity index (χ0n) is 13.7. The quantitative estimate of drug-likeness (QED) is 0.868. The van der Waals surface area contributed by atoms with Crippen LogP contribution in [0.2, 0.25) is 0 Å². The molecule has 1 N–H and O–H groups in total. The second-order valence-electron chi connectivity index (χ2n) is 6.56. The van der Waals surface area contributed by atoms with Crippen LogP contribution in [0.1, 0.15) is 52.3 Å². The molecule has 1 saturated heterocycles. The first kappa shape index (κ1) is 16.0. The highest BCUT2D eigenvalue weighted by Gasteiger charge is 2.41. The van der Waals surface area contributed by atoms with Crippen molar-refractivity contribution in [1.29, 1.82) is 0 Å². The van der Waals surface area contributed by atoms with E-state index < -0.39 is 0 Å². The number of nitrogens with one attached hydrogen (secondary N) is 1. The second-order valence-corrected chi connectivity index (χ2v) is 6.56. The van der Waals surface area contributed by atoms with Crippen molar-refractivity contribution in [1.82, 2.24) is 10.2 Å². The summed E-state index contributed by atoms with van der Waals surface area (Å²) in [4.78, 5) is 14.8. The summed E-state index contributed by atoms with van der Waals surface area (Å²) < 4.78 is 0. The number of benzene rings is 1. The lowest BCUT2D eigenvalue weighted by atomic mass is 9.99. The monoisotopic (exact) mass is 288 g/mol. The highest BCUT2D eigenvalue weighted by atomic mass is 16.2. The molecule has 0 saturated carbocycles. The molecule has 2 rings (SSSR count). The van der Waals surface area contributed by atoms with Crippen molar-refractivity contribution in [3.05, 3.63) is 35.9 Å². The van der Waals surface area contributed by atoms with E-state index in [0.717, 1.165) is 19.4 Å². The molecule has 1 aromatic carbocycles. The Kier molecular flexibility index (Phi) is 5.40. The summed E-state index contributed by atoms with van der Waals surface area (Å²) in [5.41, 5.74) is 1.18. The third-order valence-electron chi connectivity index (χ3n) is 4.47. The zero-order chi connectivity index (χ0) is 15.4. The van der Waals surface area contributed by atoms with Gasteiger partial charge in [0.05, 0.1) is 6.04 Å². The Balaban J connectivity index is 2.21. The number of hydrogen-bond acceptors (Lipinski definition) is 2. The van der Waals surface area contributed by atoms with Gasteiger partial charge in [-0.2, -0.15) is 0 Å². The molecule has 116 valence electrons. The summed E-state index contributed by atoms with van der Waals surface area (Å²) in [6, 6.07) is 10.3. The van der Waals surface area contributed by atoms with Crippen LogP contribution in [0.4, 0.5) is 0 Å². The molecule has 0 spiro atoms. The van der Waals surface area contributed by atoms with E-state index in [-0.39, 0.29) is 18.1 Å². The molecule has 0 aromatic heterocycles. The van der Waals surface area contributed by atoms with Crippen LogP contribution in [0.5, 0.6) is 0 Å². The summed E-state index contributed by atoms with van der Waals surface area (Å²) >= 11 is 0. The molecule has 1 fully saturated rings. The standard InChI is InChI=1S/C18H28N2O/c1-5-14(4)16-18(21)20(12-11-13(2)3)17(19-16)15-9-7-6-8-10-15/h6-10,13-14,16-17,19H,5,11-12H2,1-4H3. The molecule has 1 aliphatic heterocycles. The third-order valence-corrected chi connectivity index (χ3v) is 4.47. The van der Waals surface area contributed by atoms with Gasteiger partial charge in [-0.25, -0.2) is 0 Å². The highest BCUT2D eigenvalue weighted by Crippen LogP contribution is 2.29. The highest BCUT2D eigenvalue weighted by molar-refractivity contribution is 5.84. The van der Waals surface area contributed by atoms with Crippen molar-refractivity contribution in [2.75, 3.05) is 6.54 Å². The predicted octanol–water partition coefficient (Wildman–Crippen LogP) is 3.58. The van der Waals surface area contributed by atoms with Crippen molar-refractivity contribution in [3.8, 4) is 0 Å². The predicted molar refractivity (Wildman–Crippen MR) is 86.7 cm³/mol. The molecule has 1 heterocycles. The average Bonchev–Trinajstić information content (AvgIpc) is 2.82. The van der Waals surface area contributed by atoms with Gasteiger partial charge in [-0.05, 0) is 23.8 Å². The van der Waals surface area contributed by atoms with E-state index in [1.165, 1.54) is 5.56 Å². The SMILES string of the molecule is CCC(C)C1NC(c2ccccc2)N(CCC(C)C)C1=O. The Bertz CT molecular complexity index is 458. The van der Waals surface area contributed by atoms with Gasteiger partial charge in [-0.15, -0.1) is 0 Å². The van der Waals surface area contributed by atoms with Crippen molar-refractivity contribution in [2.45, 2.75) is 52.7 Å². The Labute approximate surface area is 128 Å². The van der Waals surface area contributed by atoms with E-state index in [0.29, 0.717) is 11.8 Å². The Morgan fingerprint density at radius 2 is 1.86 bits per heavy atom. The van der Waals surface area contributed by atoms with Gasteiger partial charge in [0.1, 0.15) is 6.17 Å². The summed E-state index contributed by atoms with van der Waals surface area (Å²) in [5, 5.41) is 3.56. The van der Waals surface area contributed by atoms with Crippen LogP contribution in [0.15, 0.2) is 30.3 Å². The molecule has 3 atom stereocenters. The lowest BCUT2D eigenvalue weighted by Crippen LogP contribution is -2.36. The first-order chi connectivity index (χ1) is 10.0.